The highest BCUT2D eigenvalue weighted by molar-refractivity contribution is 5.71. The molecule has 1 amide bonds. The van der Waals surface area contributed by atoms with Gasteiger partial charge in [-0.2, -0.15) is 5.10 Å². The number of hydrogen-bond donors (Lipinski definition) is 1. The van der Waals surface area contributed by atoms with Crippen LogP contribution in [0.3, 0.4) is 0 Å². The van der Waals surface area contributed by atoms with E-state index >= 15 is 0 Å². The van der Waals surface area contributed by atoms with Crippen molar-refractivity contribution in [3.8, 4) is 17.1 Å². The number of aromatic nitrogens is 4. The Hall–Kier alpha value is -3.29. The Morgan fingerprint density at radius 2 is 1.96 bits per heavy atom. The molecular formula is C20H20FN5O2. The second-order valence-electron chi connectivity index (χ2n) is 6.77. The van der Waals surface area contributed by atoms with E-state index in [1.54, 1.807) is 42.3 Å². The maximum absolute atomic E-state index is 13.1. The lowest BCUT2D eigenvalue weighted by Gasteiger charge is -2.30. The van der Waals surface area contributed by atoms with Crippen LogP contribution in [0.4, 0.5) is 9.18 Å². The van der Waals surface area contributed by atoms with Crippen LogP contribution in [-0.4, -0.2) is 44.2 Å². The van der Waals surface area contributed by atoms with Crippen LogP contribution in [0.1, 0.15) is 30.3 Å². The van der Waals surface area contributed by atoms with Crippen molar-refractivity contribution in [1.29, 1.82) is 0 Å². The van der Waals surface area contributed by atoms with E-state index in [4.69, 9.17) is 4.74 Å². The first kappa shape index (κ1) is 18.1. The second-order valence-corrected chi connectivity index (χ2v) is 6.77. The molecule has 144 valence electrons. The number of hydrogen-bond acceptors (Lipinski definition) is 5. The van der Waals surface area contributed by atoms with Crippen LogP contribution in [0, 0.1) is 12.7 Å². The molecule has 0 atom stereocenters. The van der Waals surface area contributed by atoms with E-state index in [2.05, 4.69) is 20.2 Å². The molecule has 28 heavy (non-hydrogen) atoms. The van der Waals surface area contributed by atoms with Gasteiger partial charge in [0, 0.05) is 30.8 Å². The molecule has 7 nitrogen and oxygen atoms in total. The van der Waals surface area contributed by atoms with E-state index in [1.165, 1.54) is 12.1 Å². The van der Waals surface area contributed by atoms with Crippen LogP contribution >= 0.6 is 0 Å². The van der Waals surface area contributed by atoms with Crippen LogP contribution in [-0.2, 0) is 0 Å². The Morgan fingerprint density at radius 1 is 1.21 bits per heavy atom. The molecule has 1 fully saturated rings. The lowest BCUT2D eigenvalue weighted by molar-refractivity contribution is 0.137. The number of carbonyl (C=O) groups excluding carboxylic acids is 1. The number of nitrogens with one attached hydrogen (secondary N) is 1. The molecule has 0 bridgehead atoms. The highest BCUT2D eigenvalue weighted by Gasteiger charge is 2.27. The van der Waals surface area contributed by atoms with E-state index in [0.717, 1.165) is 24.2 Å². The van der Waals surface area contributed by atoms with Gasteiger partial charge in [0.1, 0.15) is 11.6 Å². The summed E-state index contributed by atoms with van der Waals surface area (Å²) < 4.78 is 18.5. The molecule has 1 saturated heterocycles. The van der Waals surface area contributed by atoms with E-state index < -0.39 is 0 Å². The maximum Gasteiger partial charge on any atom is 0.415 e. The number of pyridine rings is 1. The summed E-state index contributed by atoms with van der Waals surface area (Å²) in [4.78, 5) is 22.8. The third-order valence-corrected chi connectivity index (χ3v) is 4.90. The standard InChI is InChI=1S/C20H20FN5O2/c1-13-17(3-2-10-22-13)28-20(27)26-11-8-15(9-12-26)19-23-18(24-25-19)14-4-6-16(21)7-5-14/h2-7,10,15H,8-9,11-12H2,1H3,(H,23,24,25). The van der Waals surface area contributed by atoms with Gasteiger partial charge in [-0.3, -0.25) is 10.1 Å². The molecule has 1 aromatic carbocycles. The number of aryl methyl sites for hydroxylation is 1. The fraction of sp³-hybridized carbons (Fsp3) is 0.300. The first-order valence-corrected chi connectivity index (χ1v) is 9.17. The summed E-state index contributed by atoms with van der Waals surface area (Å²) in [7, 11) is 0. The molecule has 4 rings (SSSR count). The summed E-state index contributed by atoms with van der Waals surface area (Å²) in [6.07, 6.45) is 2.83. The van der Waals surface area contributed by atoms with Gasteiger partial charge in [-0.1, -0.05) is 0 Å². The van der Waals surface area contributed by atoms with Crippen LogP contribution in [0.2, 0.25) is 0 Å². The van der Waals surface area contributed by atoms with Crippen molar-refractivity contribution < 1.29 is 13.9 Å². The lowest BCUT2D eigenvalue weighted by atomic mass is 9.96. The predicted octanol–water partition coefficient (Wildman–Crippen LogP) is 3.69. The topological polar surface area (TPSA) is 84.0 Å². The molecule has 2 aromatic heterocycles. The maximum atomic E-state index is 13.1. The summed E-state index contributed by atoms with van der Waals surface area (Å²) in [6.45, 7) is 2.96. The number of H-pyrrole nitrogens is 1. The van der Waals surface area contributed by atoms with Crippen LogP contribution < -0.4 is 4.74 Å². The number of halogens is 1. The third-order valence-electron chi connectivity index (χ3n) is 4.90. The van der Waals surface area contributed by atoms with E-state index in [0.29, 0.717) is 30.4 Å². The first-order valence-electron chi connectivity index (χ1n) is 9.17. The number of likely N-dealkylation sites (tertiary alicyclic amines) is 1. The van der Waals surface area contributed by atoms with Gasteiger partial charge in [0.05, 0.1) is 5.69 Å². The number of ether oxygens (including phenoxy) is 1. The fourth-order valence-electron chi connectivity index (χ4n) is 3.26. The molecule has 0 saturated carbocycles. The monoisotopic (exact) mass is 381 g/mol. The molecule has 1 aliphatic rings. The van der Waals surface area contributed by atoms with Gasteiger partial charge in [0.15, 0.2) is 11.6 Å². The number of carbonyl (C=O) groups is 1. The Labute approximate surface area is 161 Å². The Bertz CT molecular complexity index is 965. The molecule has 8 heteroatoms. The smallest absolute Gasteiger partial charge is 0.408 e. The van der Waals surface area contributed by atoms with Crippen molar-refractivity contribution >= 4 is 6.09 Å². The molecular weight excluding hydrogens is 361 g/mol. The fourth-order valence-corrected chi connectivity index (χ4v) is 3.26. The second kappa shape index (κ2) is 7.75. The number of nitrogens with zero attached hydrogens (tertiary/aromatic N) is 4. The summed E-state index contributed by atoms with van der Waals surface area (Å²) >= 11 is 0. The van der Waals surface area contributed by atoms with Crippen LogP contribution in [0.25, 0.3) is 11.4 Å². The van der Waals surface area contributed by atoms with Gasteiger partial charge in [-0.15, -0.1) is 0 Å². The minimum absolute atomic E-state index is 0.186. The number of piperidine rings is 1. The molecule has 0 radical (unpaired) electrons. The quantitative estimate of drug-likeness (QED) is 0.748. The summed E-state index contributed by atoms with van der Waals surface area (Å²) in [5.41, 5.74) is 1.44. The molecule has 3 aromatic rings. The predicted molar refractivity (Wildman–Crippen MR) is 100 cm³/mol. The van der Waals surface area contributed by atoms with Gasteiger partial charge in [0.25, 0.3) is 0 Å². The number of aromatic amines is 1. The first-order chi connectivity index (χ1) is 13.6. The summed E-state index contributed by atoms with van der Waals surface area (Å²) in [5, 5.41) is 7.22. The Kier molecular flexibility index (Phi) is 5.01. The van der Waals surface area contributed by atoms with E-state index in [-0.39, 0.29) is 17.8 Å². The van der Waals surface area contributed by atoms with E-state index in [9.17, 15) is 9.18 Å². The van der Waals surface area contributed by atoms with Crippen molar-refractivity contribution in [1.82, 2.24) is 25.1 Å². The van der Waals surface area contributed by atoms with Crippen LogP contribution in [0.5, 0.6) is 5.75 Å². The number of rotatable bonds is 3. The zero-order valence-electron chi connectivity index (χ0n) is 15.4. The average molecular weight is 381 g/mol. The van der Waals surface area contributed by atoms with Crippen LogP contribution in [0.15, 0.2) is 42.6 Å². The van der Waals surface area contributed by atoms with Gasteiger partial charge >= 0.3 is 6.09 Å². The lowest BCUT2D eigenvalue weighted by Crippen LogP contribution is -2.39. The minimum atomic E-state index is -0.362. The molecule has 1 aliphatic heterocycles. The zero-order chi connectivity index (χ0) is 19.5. The Morgan fingerprint density at radius 3 is 2.68 bits per heavy atom. The van der Waals surface area contributed by atoms with Gasteiger partial charge in [-0.25, -0.2) is 14.2 Å². The normalized spacial score (nSPS) is 14.9. The summed E-state index contributed by atoms with van der Waals surface area (Å²) in [5.74, 6) is 1.71. The van der Waals surface area contributed by atoms with Gasteiger partial charge in [0.2, 0.25) is 0 Å². The third kappa shape index (κ3) is 3.85. The van der Waals surface area contributed by atoms with Crippen molar-refractivity contribution in [2.24, 2.45) is 0 Å². The minimum Gasteiger partial charge on any atom is -0.408 e. The van der Waals surface area contributed by atoms with Crippen molar-refractivity contribution in [3.63, 3.8) is 0 Å². The van der Waals surface area contributed by atoms with Gasteiger partial charge < -0.3 is 9.64 Å². The van der Waals surface area contributed by atoms with Crippen molar-refractivity contribution in [3.05, 3.63) is 59.9 Å². The number of benzene rings is 1. The number of amides is 1. The van der Waals surface area contributed by atoms with Crippen molar-refractivity contribution in [2.75, 3.05) is 13.1 Å². The molecule has 0 aliphatic carbocycles. The molecule has 0 unspecified atom stereocenters. The summed E-state index contributed by atoms with van der Waals surface area (Å²) in [6, 6.07) is 9.56. The molecule has 1 N–H and O–H groups in total. The molecule has 0 spiro atoms. The Balaban J connectivity index is 1.36. The average Bonchev–Trinajstić information content (AvgIpc) is 3.20. The SMILES string of the molecule is Cc1ncccc1OC(=O)N1CCC(c2nc(-c3ccc(F)cc3)n[nH]2)CC1. The highest BCUT2D eigenvalue weighted by atomic mass is 19.1. The van der Waals surface area contributed by atoms with Gasteiger partial charge in [-0.05, 0) is 56.2 Å². The highest BCUT2D eigenvalue weighted by Crippen LogP contribution is 2.28. The largest absolute Gasteiger partial charge is 0.415 e. The van der Waals surface area contributed by atoms with Crippen molar-refractivity contribution in [2.45, 2.75) is 25.7 Å². The van der Waals surface area contributed by atoms with E-state index in [1.807, 2.05) is 0 Å². The zero-order valence-corrected chi connectivity index (χ0v) is 15.4. The molecule has 3 heterocycles.